The van der Waals surface area contributed by atoms with E-state index in [0.29, 0.717) is 6.04 Å². The highest BCUT2D eigenvalue weighted by molar-refractivity contribution is 7.91. The van der Waals surface area contributed by atoms with Crippen LogP contribution in [0.1, 0.15) is 39.0 Å². The van der Waals surface area contributed by atoms with Crippen LogP contribution >= 0.6 is 0 Å². The number of sulfone groups is 1. The Morgan fingerprint density at radius 3 is 2.64 bits per heavy atom. The molecule has 1 fully saturated rings. The number of nitrogens with one attached hydrogen (secondary N) is 1. The average molecular weight is 219 g/mol. The van der Waals surface area contributed by atoms with Crippen molar-refractivity contribution in [2.24, 2.45) is 0 Å². The molecule has 1 aliphatic carbocycles. The summed E-state index contributed by atoms with van der Waals surface area (Å²) in [6, 6.07) is 0.420. The molecule has 0 saturated heterocycles. The number of rotatable bonds is 4. The Hall–Kier alpha value is -0.0900. The van der Waals surface area contributed by atoms with Gasteiger partial charge in [0.05, 0.1) is 5.25 Å². The smallest absolute Gasteiger partial charge is 0.150 e. The minimum atomic E-state index is -2.82. The maximum atomic E-state index is 11.4. The quantitative estimate of drug-likeness (QED) is 0.776. The molecule has 1 rings (SSSR count). The van der Waals surface area contributed by atoms with Gasteiger partial charge in [0, 0.05) is 12.3 Å². The van der Waals surface area contributed by atoms with Crippen molar-refractivity contribution in [1.29, 1.82) is 0 Å². The van der Waals surface area contributed by atoms with Gasteiger partial charge in [-0.05, 0) is 32.2 Å². The minimum absolute atomic E-state index is 0.106. The predicted octanol–water partition coefficient (Wildman–Crippen LogP) is 1.34. The summed E-state index contributed by atoms with van der Waals surface area (Å²) in [6.07, 6.45) is 6.30. The van der Waals surface area contributed by atoms with Gasteiger partial charge >= 0.3 is 0 Å². The van der Waals surface area contributed by atoms with Gasteiger partial charge in [0.2, 0.25) is 0 Å². The van der Waals surface area contributed by atoms with Gasteiger partial charge in [-0.3, -0.25) is 0 Å². The molecule has 0 aromatic carbocycles. The van der Waals surface area contributed by atoms with Gasteiger partial charge in [0.25, 0.3) is 0 Å². The van der Waals surface area contributed by atoms with E-state index in [-0.39, 0.29) is 5.25 Å². The van der Waals surface area contributed by atoms with Crippen molar-refractivity contribution in [3.63, 3.8) is 0 Å². The molecule has 2 unspecified atom stereocenters. The molecule has 84 valence electrons. The maximum Gasteiger partial charge on any atom is 0.150 e. The Labute approximate surface area is 87.2 Å². The second kappa shape index (κ2) is 5.12. The lowest BCUT2D eigenvalue weighted by molar-refractivity contribution is 0.373. The number of hydrogen-bond acceptors (Lipinski definition) is 3. The Morgan fingerprint density at radius 2 is 2.07 bits per heavy atom. The fraction of sp³-hybridized carbons (Fsp3) is 1.00. The van der Waals surface area contributed by atoms with Crippen LogP contribution < -0.4 is 5.32 Å². The van der Waals surface area contributed by atoms with Crippen molar-refractivity contribution < 1.29 is 8.42 Å². The molecule has 0 radical (unpaired) electrons. The second-order valence-electron chi connectivity index (χ2n) is 4.27. The van der Waals surface area contributed by atoms with E-state index in [1.807, 2.05) is 0 Å². The lowest BCUT2D eigenvalue weighted by atomic mass is 9.95. The summed E-state index contributed by atoms with van der Waals surface area (Å²) >= 11 is 0. The monoisotopic (exact) mass is 219 g/mol. The van der Waals surface area contributed by atoms with E-state index in [0.717, 1.165) is 38.6 Å². The summed E-state index contributed by atoms with van der Waals surface area (Å²) in [6.45, 7) is 3.13. The Bertz CT molecular complexity index is 261. The molecule has 0 heterocycles. The third kappa shape index (κ3) is 3.58. The third-order valence-corrected chi connectivity index (χ3v) is 4.55. The maximum absolute atomic E-state index is 11.4. The average Bonchev–Trinajstić information content (AvgIpc) is 2.14. The summed E-state index contributed by atoms with van der Waals surface area (Å²) in [5.41, 5.74) is 0. The molecule has 4 heteroatoms. The molecule has 3 nitrogen and oxygen atoms in total. The molecule has 0 spiro atoms. The highest BCUT2D eigenvalue weighted by Crippen LogP contribution is 2.23. The van der Waals surface area contributed by atoms with Crippen molar-refractivity contribution in [3.8, 4) is 0 Å². The normalized spacial score (nSPS) is 29.0. The van der Waals surface area contributed by atoms with Crippen LogP contribution in [-0.4, -0.2) is 32.5 Å². The summed E-state index contributed by atoms with van der Waals surface area (Å²) in [5.74, 6) is 0. The zero-order valence-electron chi connectivity index (χ0n) is 9.12. The topological polar surface area (TPSA) is 46.2 Å². The molecular formula is C10H21NO2S. The van der Waals surface area contributed by atoms with Crippen LogP contribution in [0.2, 0.25) is 0 Å². The van der Waals surface area contributed by atoms with Gasteiger partial charge in [-0.15, -0.1) is 0 Å². The predicted molar refractivity (Wildman–Crippen MR) is 59.2 cm³/mol. The molecule has 0 aromatic heterocycles. The van der Waals surface area contributed by atoms with Crippen LogP contribution in [0.5, 0.6) is 0 Å². The van der Waals surface area contributed by atoms with Crippen molar-refractivity contribution >= 4 is 9.84 Å². The molecule has 1 N–H and O–H groups in total. The highest BCUT2D eigenvalue weighted by Gasteiger charge is 2.28. The van der Waals surface area contributed by atoms with E-state index in [4.69, 9.17) is 0 Å². The van der Waals surface area contributed by atoms with Gasteiger partial charge in [-0.25, -0.2) is 8.42 Å². The number of hydrogen-bond donors (Lipinski definition) is 1. The van der Waals surface area contributed by atoms with Gasteiger partial charge < -0.3 is 5.32 Å². The van der Waals surface area contributed by atoms with E-state index in [2.05, 4.69) is 12.2 Å². The summed E-state index contributed by atoms with van der Waals surface area (Å²) in [5, 5.41) is 3.30. The van der Waals surface area contributed by atoms with Crippen molar-refractivity contribution in [2.75, 3.05) is 12.8 Å². The summed E-state index contributed by atoms with van der Waals surface area (Å²) in [4.78, 5) is 0. The highest BCUT2D eigenvalue weighted by atomic mass is 32.2. The van der Waals surface area contributed by atoms with E-state index in [9.17, 15) is 8.42 Å². The van der Waals surface area contributed by atoms with Crippen LogP contribution in [-0.2, 0) is 9.84 Å². The zero-order chi connectivity index (χ0) is 10.6. The molecule has 1 aliphatic rings. The van der Waals surface area contributed by atoms with Crippen LogP contribution in [0, 0.1) is 0 Å². The first-order chi connectivity index (χ1) is 6.54. The van der Waals surface area contributed by atoms with Crippen LogP contribution in [0.3, 0.4) is 0 Å². The molecule has 2 atom stereocenters. The van der Waals surface area contributed by atoms with E-state index in [1.54, 1.807) is 0 Å². The van der Waals surface area contributed by atoms with Crippen molar-refractivity contribution in [2.45, 2.75) is 50.3 Å². The third-order valence-electron chi connectivity index (χ3n) is 2.91. The molecule has 0 aromatic rings. The molecule has 14 heavy (non-hydrogen) atoms. The fourth-order valence-corrected chi connectivity index (χ4v) is 3.24. The van der Waals surface area contributed by atoms with E-state index < -0.39 is 9.84 Å². The molecule has 0 bridgehead atoms. The Morgan fingerprint density at radius 1 is 1.36 bits per heavy atom. The summed E-state index contributed by atoms with van der Waals surface area (Å²) < 4.78 is 22.8. The Kier molecular flexibility index (Phi) is 4.38. The lowest BCUT2D eigenvalue weighted by Gasteiger charge is -2.28. The van der Waals surface area contributed by atoms with Gasteiger partial charge in [-0.1, -0.05) is 13.3 Å². The van der Waals surface area contributed by atoms with Crippen molar-refractivity contribution in [1.82, 2.24) is 5.32 Å². The molecule has 0 aliphatic heterocycles. The largest absolute Gasteiger partial charge is 0.314 e. The molecular weight excluding hydrogens is 198 g/mol. The first-order valence-corrected chi connectivity index (χ1v) is 7.41. The van der Waals surface area contributed by atoms with Gasteiger partial charge in [0.1, 0.15) is 9.84 Å². The Balaban J connectivity index is 2.44. The SMILES string of the molecule is CCCNC1CCCC(S(C)(=O)=O)C1. The van der Waals surface area contributed by atoms with Crippen LogP contribution in [0.25, 0.3) is 0 Å². The standard InChI is InChI=1S/C10H21NO2S/c1-3-7-11-9-5-4-6-10(8-9)14(2,12)13/h9-11H,3-8H2,1-2H3. The fourth-order valence-electron chi connectivity index (χ4n) is 2.07. The summed E-state index contributed by atoms with van der Waals surface area (Å²) in [7, 11) is -2.82. The first kappa shape index (κ1) is 12.0. The van der Waals surface area contributed by atoms with E-state index >= 15 is 0 Å². The van der Waals surface area contributed by atoms with Crippen molar-refractivity contribution in [3.05, 3.63) is 0 Å². The minimum Gasteiger partial charge on any atom is -0.314 e. The van der Waals surface area contributed by atoms with Gasteiger partial charge in [-0.2, -0.15) is 0 Å². The zero-order valence-corrected chi connectivity index (χ0v) is 9.94. The van der Waals surface area contributed by atoms with Crippen LogP contribution in [0.4, 0.5) is 0 Å². The molecule has 1 saturated carbocycles. The van der Waals surface area contributed by atoms with Crippen LogP contribution in [0.15, 0.2) is 0 Å². The van der Waals surface area contributed by atoms with Gasteiger partial charge in [0.15, 0.2) is 0 Å². The van der Waals surface area contributed by atoms with E-state index in [1.165, 1.54) is 6.26 Å². The molecule has 0 amide bonds. The second-order valence-corrected chi connectivity index (χ2v) is 6.59. The first-order valence-electron chi connectivity index (χ1n) is 5.46. The lowest BCUT2D eigenvalue weighted by Crippen LogP contribution is -2.39.